The first-order valence-electron chi connectivity index (χ1n) is 5.05. The number of aromatic hydroxyl groups is 1. The number of hydrogen-bond acceptors (Lipinski definition) is 4. The Morgan fingerprint density at radius 3 is 2.65 bits per heavy atom. The lowest BCUT2D eigenvalue weighted by molar-refractivity contribution is -0.111. The molecule has 17 heavy (non-hydrogen) atoms. The minimum atomic E-state index is -0.174. The predicted molar refractivity (Wildman–Crippen MR) is 63.7 cm³/mol. The van der Waals surface area contributed by atoms with Gasteiger partial charge >= 0.3 is 0 Å². The fraction of sp³-hybridized carbons (Fsp3) is 0. The van der Waals surface area contributed by atoms with Crippen molar-refractivity contribution < 1.29 is 15.1 Å². The van der Waals surface area contributed by atoms with E-state index >= 15 is 0 Å². The second-order valence-corrected chi connectivity index (χ2v) is 3.53. The van der Waals surface area contributed by atoms with E-state index in [1.165, 1.54) is 24.4 Å². The molecule has 0 fully saturated rings. The molecule has 0 heterocycles. The van der Waals surface area contributed by atoms with Crippen LogP contribution >= 0.6 is 0 Å². The number of phenolic OH excluding ortho intramolecular Hbond substituents is 1. The Morgan fingerprint density at radius 1 is 1.18 bits per heavy atom. The van der Waals surface area contributed by atoms with Crippen molar-refractivity contribution >= 4 is 11.5 Å². The number of ketones is 1. The standard InChI is InChI=1S/C13H11NO3/c15-12-6-3-5-11(8-12)14(17)9-10-4-1-2-7-13(10)16/h1-9,15,17H. The van der Waals surface area contributed by atoms with Crippen LogP contribution in [0.4, 0.5) is 5.69 Å². The van der Waals surface area contributed by atoms with E-state index in [-0.39, 0.29) is 11.5 Å². The molecule has 1 aromatic carbocycles. The Hall–Kier alpha value is -2.33. The van der Waals surface area contributed by atoms with Crippen molar-refractivity contribution in [2.24, 2.45) is 0 Å². The number of rotatable bonds is 2. The average molecular weight is 229 g/mol. The number of carbonyl (C=O) groups excluding carboxylic acids is 1. The molecule has 0 atom stereocenters. The second-order valence-electron chi connectivity index (χ2n) is 3.53. The van der Waals surface area contributed by atoms with Crippen molar-refractivity contribution in [2.45, 2.75) is 0 Å². The van der Waals surface area contributed by atoms with Gasteiger partial charge in [0.15, 0.2) is 5.78 Å². The Balaban J connectivity index is 2.24. The van der Waals surface area contributed by atoms with Gasteiger partial charge in [0, 0.05) is 17.8 Å². The van der Waals surface area contributed by atoms with Crippen molar-refractivity contribution in [2.75, 3.05) is 5.06 Å². The zero-order valence-electron chi connectivity index (χ0n) is 8.95. The van der Waals surface area contributed by atoms with Crippen LogP contribution in [0.1, 0.15) is 0 Å². The maximum absolute atomic E-state index is 11.4. The highest BCUT2D eigenvalue weighted by Crippen LogP contribution is 2.20. The monoisotopic (exact) mass is 229 g/mol. The van der Waals surface area contributed by atoms with Crippen molar-refractivity contribution in [1.82, 2.24) is 0 Å². The van der Waals surface area contributed by atoms with Crippen LogP contribution in [0.2, 0.25) is 0 Å². The van der Waals surface area contributed by atoms with Gasteiger partial charge in [0.25, 0.3) is 0 Å². The highest BCUT2D eigenvalue weighted by molar-refractivity contribution is 6.07. The normalized spacial score (nSPS) is 16.5. The summed E-state index contributed by atoms with van der Waals surface area (Å²) in [5, 5.41) is 19.8. The number of nitrogens with zero attached hydrogens (tertiary/aromatic N) is 1. The Labute approximate surface area is 98.4 Å². The molecule has 0 unspecified atom stereocenters. The Bertz CT molecular complexity index is 529. The molecule has 4 nitrogen and oxygen atoms in total. The summed E-state index contributed by atoms with van der Waals surface area (Å²) in [7, 11) is 0. The van der Waals surface area contributed by atoms with Crippen molar-refractivity contribution in [3.8, 4) is 5.75 Å². The predicted octanol–water partition coefficient (Wildman–Crippen LogP) is 2.17. The number of anilines is 1. The summed E-state index contributed by atoms with van der Waals surface area (Å²) < 4.78 is 0. The lowest BCUT2D eigenvalue weighted by Gasteiger charge is -2.13. The maximum Gasteiger partial charge on any atom is 0.187 e. The summed E-state index contributed by atoms with van der Waals surface area (Å²) >= 11 is 0. The van der Waals surface area contributed by atoms with E-state index in [9.17, 15) is 15.1 Å². The summed E-state index contributed by atoms with van der Waals surface area (Å²) in [6, 6.07) is 6.11. The smallest absolute Gasteiger partial charge is 0.187 e. The molecule has 0 aromatic heterocycles. The van der Waals surface area contributed by atoms with Gasteiger partial charge in [-0.05, 0) is 24.3 Å². The molecule has 1 aliphatic rings. The molecule has 2 N–H and O–H groups in total. The fourth-order valence-corrected chi connectivity index (χ4v) is 1.43. The summed E-state index contributed by atoms with van der Waals surface area (Å²) in [6.45, 7) is 0. The molecule has 4 heteroatoms. The SMILES string of the molecule is O=C1C=CC=CC1=CN(O)c1cccc(O)c1. The lowest BCUT2D eigenvalue weighted by atomic mass is 10.1. The molecule has 0 bridgehead atoms. The second kappa shape index (κ2) is 4.67. The highest BCUT2D eigenvalue weighted by atomic mass is 16.5. The minimum absolute atomic E-state index is 0.0466. The minimum Gasteiger partial charge on any atom is -0.508 e. The molecule has 1 aliphatic carbocycles. The van der Waals surface area contributed by atoms with Gasteiger partial charge in [-0.25, -0.2) is 5.06 Å². The zero-order valence-corrected chi connectivity index (χ0v) is 8.95. The maximum atomic E-state index is 11.4. The quantitative estimate of drug-likeness (QED) is 0.602. The largest absolute Gasteiger partial charge is 0.508 e. The third-order valence-electron chi connectivity index (χ3n) is 2.27. The van der Waals surface area contributed by atoms with Crippen LogP contribution in [-0.4, -0.2) is 16.1 Å². The van der Waals surface area contributed by atoms with Gasteiger partial charge in [-0.1, -0.05) is 18.2 Å². The molecular formula is C13H11NO3. The van der Waals surface area contributed by atoms with Crippen LogP contribution in [0.5, 0.6) is 5.75 Å². The molecule has 2 rings (SSSR count). The summed E-state index contributed by atoms with van der Waals surface area (Å²) in [5.41, 5.74) is 0.756. The molecule has 0 radical (unpaired) electrons. The topological polar surface area (TPSA) is 60.8 Å². The van der Waals surface area contributed by atoms with Crippen molar-refractivity contribution in [1.29, 1.82) is 0 Å². The van der Waals surface area contributed by atoms with Crippen LogP contribution in [0.15, 0.2) is 60.3 Å². The number of hydroxylamine groups is 1. The molecule has 0 saturated heterocycles. The van der Waals surface area contributed by atoms with E-state index in [0.717, 1.165) is 5.06 Å². The summed E-state index contributed by atoms with van der Waals surface area (Å²) in [4.78, 5) is 11.4. The van der Waals surface area contributed by atoms with Gasteiger partial charge in [0.05, 0.1) is 5.69 Å². The zero-order chi connectivity index (χ0) is 12.3. The van der Waals surface area contributed by atoms with Crippen LogP contribution in [-0.2, 0) is 4.79 Å². The first-order chi connectivity index (χ1) is 8.16. The number of phenols is 1. The highest BCUT2D eigenvalue weighted by Gasteiger charge is 2.08. The molecule has 86 valence electrons. The Morgan fingerprint density at radius 2 is 1.94 bits per heavy atom. The van der Waals surface area contributed by atoms with E-state index in [1.54, 1.807) is 30.4 Å². The molecule has 0 amide bonds. The summed E-state index contributed by atoms with van der Waals surface area (Å²) in [5.74, 6) is -0.128. The summed E-state index contributed by atoms with van der Waals surface area (Å²) in [6.07, 6.45) is 7.67. The van der Waals surface area contributed by atoms with Crippen LogP contribution in [0.3, 0.4) is 0 Å². The van der Waals surface area contributed by atoms with Gasteiger partial charge in [0.2, 0.25) is 0 Å². The van der Waals surface area contributed by atoms with Crippen LogP contribution in [0.25, 0.3) is 0 Å². The average Bonchev–Trinajstić information content (AvgIpc) is 2.32. The van der Waals surface area contributed by atoms with E-state index in [4.69, 9.17) is 0 Å². The van der Waals surface area contributed by atoms with Gasteiger partial charge < -0.3 is 5.11 Å². The fourth-order valence-electron chi connectivity index (χ4n) is 1.43. The van der Waals surface area contributed by atoms with Gasteiger partial charge in [-0.3, -0.25) is 10.0 Å². The third kappa shape index (κ3) is 2.62. The lowest BCUT2D eigenvalue weighted by Crippen LogP contribution is -2.12. The van der Waals surface area contributed by atoms with Crippen molar-refractivity contribution in [3.05, 3.63) is 60.3 Å². The number of benzene rings is 1. The van der Waals surface area contributed by atoms with Gasteiger partial charge in [0.1, 0.15) is 5.75 Å². The number of allylic oxidation sites excluding steroid dienone is 5. The third-order valence-corrected chi connectivity index (χ3v) is 2.27. The molecule has 0 aliphatic heterocycles. The Kier molecular flexibility index (Phi) is 3.07. The van der Waals surface area contributed by atoms with E-state index in [1.807, 2.05) is 0 Å². The van der Waals surface area contributed by atoms with Crippen LogP contribution < -0.4 is 5.06 Å². The number of hydrogen-bond donors (Lipinski definition) is 2. The molecule has 0 saturated carbocycles. The van der Waals surface area contributed by atoms with E-state index in [2.05, 4.69) is 0 Å². The molecular weight excluding hydrogens is 218 g/mol. The number of carbonyl (C=O) groups is 1. The first kappa shape index (κ1) is 11.2. The van der Waals surface area contributed by atoms with Gasteiger partial charge in [-0.15, -0.1) is 0 Å². The van der Waals surface area contributed by atoms with Gasteiger partial charge in [-0.2, -0.15) is 0 Å². The van der Waals surface area contributed by atoms with E-state index in [0.29, 0.717) is 11.3 Å². The molecule has 0 spiro atoms. The van der Waals surface area contributed by atoms with Crippen LogP contribution in [0, 0.1) is 0 Å². The first-order valence-corrected chi connectivity index (χ1v) is 5.05. The van der Waals surface area contributed by atoms with Crippen molar-refractivity contribution in [3.63, 3.8) is 0 Å². The van der Waals surface area contributed by atoms with E-state index < -0.39 is 0 Å². The molecule has 1 aromatic rings.